The molecule has 0 saturated carbocycles. The predicted molar refractivity (Wildman–Crippen MR) is 62.6 cm³/mol. The van der Waals surface area contributed by atoms with Gasteiger partial charge in [-0.25, -0.2) is 0 Å². The Bertz CT molecular complexity index is 147. The van der Waals surface area contributed by atoms with Crippen molar-refractivity contribution >= 4 is 0 Å². The Kier molecular flexibility index (Phi) is 5.49. The van der Waals surface area contributed by atoms with Gasteiger partial charge in [0, 0.05) is 19.1 Å². The molecule has 0 bridgehead atoms. The van der Waals surface area contributed by atoms with E-state index in [1.54, 1.807) is 0 Å². The van der Waals surface area contributed by atoms with Crippen molar-refractivity contribution in [2.45, 2.75) is 46.1 Å². The van der Waals surface area contributed by atoms with E-state index in [9.17, 15) is 0 Å². The average Bonchev–Trinajstić information content (AvgIpc) is 2.63. The van der Waals surface area contributed by atoms with Crippen molar-refractivity contribution in [2.75, 3.05) is 26.2 Å². The Morgan fingerprint density at radius 2 is 2.21 bits per heavy atom. The smallest absolute Gasteiger partial charge is 0.0192 e. The first-order chi connectivity index (χ1) is 6.77. The molecule has 1 aliphatic heterocycles. The zero-order chi connectivity index (χ0) is 10.4. The van der Waals surface area contributed by atoms with Gasteiger partial charge in [0.2, 0.25) is 0 Å². The summed E-state index contributed by atoms with van der Waals surface area (Å²) in [4.78, 5) is 2.64. The van der Waals surface area contributed by atoms with E-state index in [4.69, 9.17) is 0 Å². The van der Waals surface area contributed by atoms with Gasteiger partial charge in [0.15, 0.2) is 0 Å². The van der Waals surface area contributed by atoms with Crippen LogP contribution in [0.4, 0.5) is 0 Å². The molecule has 2 nitrogen and oxygen atoms in total. The lowest BCUT2D eigenvalue weighted by atomic mass is 10.0. The molecule has 1 fully saturated rings. The minimum absolute atomic E-state index is 0.719. The summed E-state index contributed by atoms with van der Waals surface area (Å²) in [7, 11) is 0. The Hall–Kier alpha value is -0.0800. The van der Waals surface area contributed by atoms with E-state index >= 15 is 0 Å². The lowest BCUT2D eigenvalue weighted by Gasteiger charge is -2.24. The van der Waals surface area contributed by atoms with Crippen molar-refractivity contribution in [1.29, 1.82) is 0 Å². The third-order valence-corrected chi connectivity index (χ3v) is 3.33. The van der Waals surface area contributed by atoms with Crippen LogP contribution in [0.15, 0.2) is 0 Å². The van der Waals surface area contributed by atoms with Crippen molar-refractivity contribution < 1.29 is 0 Å². The van der Waals surface area contributed by atoms with Crippen molar-refractivity contribution in [3.63, 3.8) is 0 Å². The maximum atomic E-state index is 3.43. The molecule has 0 aromatic rings. The lowest BCUT2D eigenvalue weighted by Crippen LogP contribution is -2.38. The maximum Gasteiger partial charge on any atom is 0.0192 e. The third-order valence-electron chi connectivity index (χ3n) is 3.33. The van der Waals surface area contributed by atoms with Crippen LogP contribution in [0, 0.1) is 5.92 Å². The molecule has 0 spiro atoms. The number of nitrogens with one attached hydrogen (secondary N) is 1. The second-order valence-corrected chi connectivity index (χ2v) is 4.60. The van der Waals surface area contributed by atoms with Gasteiger partial charge < -0.3 is 5.32 Å². The molecule has 1 saturated heterocycles. The van der Waals surface area contributed by atoms with E-state index in [2.05, 4.69) is 31.0 Å². The molecular weight excluding hydrogens is 172 g/mol. The van der Waals surface area contributed by atoms with E-state index in [0.717, 1.165) is 25.0 Å². The van der Waals surface area contributed by atoms with Gasteiger partial charge in [-0.3, -0.25) is 4.90 Å². The first kappa shape index (κ1) is 12.0. The summed E-state index contributed by atoms with van der Waals surface area (Å²) in [6.45, 7) is 11.7. The van der Waals surface area contributed by atoms with E-state index in [1.807, 2.05) is 0 Å². The van der Waals surface area contributed by atoms with E-state index in [-0.39, 0.29) is 0 Å². The van der Waals surface area contributed by atoms with Gasteiger partial charge in [-0.2, -0.15) is 0 Å². The zero-order valence-corrected chi connectivity index (χ0v) is 10.1. The molecule has 0 aliphatic carbocycles. The van der Waals surface area contributed by atoms with Gasteiger partial charge in [-0.15, -0.1) is 0 Å². The average molecular weight is 198 g/mol. The molecule has 0 amide bonds. The van der Waals surface area contributed by atoms with Gasteiger partial charge in [0.25, 0.3) is 0 Å². The highest BCUT2D eigenvalue weighted by molar-refractivity contribution is 4.80. The molecule has 84 valence electrons. The van der Waals surface area contributed by atoms with Gasteiger partial charge in [0.1, 0.15) is 0 Å². The SMILES string of the molecule is CCCC1CCN(C(C)CNCC)C1. The van der Waals surface area contributed by atoms with Crippen LogP contribution in [0.5, 0.6) is 0 Å². The Balaban J connectivity index is 2.19. The minimum Gasteiger partial charge on any atom is -0.315 e. The van der Waals surface area contributed by atoms with E-state index in [1.165, 1.54) is 32.4 Å². The third kappa shape index (κ3) is 3.58. The van der Waals surface area contributed by atoms with Crippen LogP contribution >= 0.6 is 0 Å². The predicted octanol–water partition coefficient (Wildman–Crippen LogP) is 2.11. The van der Waals surface area contributed by atoms with Crippen LogP contribution < -0.4 is 5.32 Å². The highest BCUT2D eigenvalue weighted by Crippen LogP contribution is 2.22. The number of likely N-dealkylation sites (tertiary alicyclic amines) is 1. The van der Waals surface area contributed by atoms with E-state index in [0.29, 0.717) is 0 Å². The highest BCUT2D eigenvalue weighted by atomic mass is 15.2. The lowest BCUT2D eigenvalue weighted by molar-refractivity contribution is 0.242. The monoisotopic (exact) mass is 198 g/mol. The van der Waals surface area contributed by atoms with Crippen LogP contribution in [0.3, 0.4) is 0 Å². The number of hydrogen-bond acceptors (Lipinski definition) is 2. The van der Waals surface area contributed by atoms with Gasteiger partial charge in [-0.05, 0) is 38.8 Å². The fourth-order valence-corrected chi connectivity index (χ4v) is 2.39. The normalized spacial score (nSPS) is 25.5. The molecule has 14 heavy (non-hydrogen) atoms. The fraction of sp³-hybridized carbons (Fsp3) is 1.00. The second kappa shape index (κ2) is 6.41. The number of nitrogens with zero attached hydrogens (tertiary/aromatic N) is 1. The summed E-state index contributed by atoms with van der Waals surface area (Å²) in [5.74, 6) is 0.976. The Morgan fingerprint density at radius 3 is 2.86 bits per heavy atom. The quantitative estimate of drug-likeness (QED) is 0.703. The van der Waals surface area contributed by atoms with Crippen LogP contribution in [-0.2, 0) is 0 Å². The van der Waals surface area contributed by atoms with Crippen LogP contribution in [0.1, 0.15) is 40.0 Å². The number of likely N-dealkylation sites (N-methyl/N-ethyl adjacent to an activating group) is 1. The largest absolute Gasteiger partial charge is 0.315 e. The molecule has 1 heterocycles. The number of hydrogen-bond donors (Lipinski definition) is 1. The highest BCUT2D eigenvalue weighted by Gasteiger charge is 2.24. The minimum atomic E-state index is 0.719. The summed E-state index contributed by atoms with van der Waals surface area (Å²) >= 11 is 0. The molecule has 0 aromatic heterocycles. The summed E-state index contributed by atoms with van der Waals surface area (Å²) in [5, 5.41) is 3.43. The van der Waals surface area contributed by atoms with Gasteiger partial charge in [-0.1, -0.05) is 20.3 Å². The molecule has 1 rings (SSSR count). The molecule has 2 unspecified atom stereocenters. The molecule has 2 atom stereocenters. The Morgan fingerprint density at radius 1 is 1.43 bits per heavy atom. The van der Waals surface area contributed by atoms with Crippen LogP contribution in [0.2, 0.25) is 0 Å². The number of rotatable bonds is 6. The van der Waals surface area contributed by atoms with Crippen molar-refractivity contribution in [3.8, 4) is 0 Å². The summed E-state index contributed by atoms with van der Waals surface area (Å²) < 4.78 is 0. The summed E-state index contributed by atoms with van der Waals surface area (Å²) in [6.07, 6.45) is 4.19. The van der Waals surface area contributed by atoms with Gasteiger partial charge >= 0.3 is 0 Å². The molecule has 0 radical (unpaired) electrons. The van der Waals surface area contributed by atoms with Crippen LogP contribution in [0.25, 0.3) is 0 Å². The maximum absolute atomic E-state index is 3.43. The van der Waals surface area contributed by atoms with Gasteiger partial charge in [0.05, 0.1) is 0 Å². The first-order valence-electron chi connectivity index (χ1n) is 6.22. The summed E-state index contributed by atoms with van der Waals surface area (Å²) in [6, 6.07) is 0.719. The Labute approximate surface area is 89.1 Å². The van der Waals surface area contributed by atoms with E-state index < -0.39 is 0 Å². The standard InChI is InChI=1S/C12H26N2/c1-4-6-12-7-8-14(10-12)11(3)9-13-5-2/h11-13H,4-10H2,1-3H3. The van der Waals surface area contributed by atoms with Crippen molar-refractivity contribution in [3.05, 3.63) is 0 Å². The first-order valence-corrected chi connectivity index (χ1v) is 6.22. The van der Waals surface area contributed by atoms with Crippen molar-refractivity contribution in [1.82, 2.24) is 10.2 Å². The zero-order valence-electron chi connectivity index (χ0n) is 10.1. The molecule has 1 N–H and O–H groups in total. The molecule has 0 aromatic carbocycles. The van der Waals surface area contributed by atoms with Crippen molar-refractivity contribution in [2.24, 2.45) is 5.92 Å². The second-order valence-electron chi connectivity index (χ2n) is 4.60. The fourth-order valence-electron chi connectivity index (χ4n) is 2.39. The molecule has 1 aliphatic rings. The molecule has 2 heteroatoms. The topological polar surface area (TPSA) is 15.3 Å². The van der Waals surface area contributed by atoms with Crippen LogP contribution in [-0.4, -0.2) is 37.1 Å². The molecular formula is C12H26N2. The summed E-state index contributed by atoms with van der Waals surface area (Å²) in [5.41, 5.74) is 0.